The summed E-state index contributed by atoms with van der Waals surface area (Å²) in [7, 11) is 0. The molecule has 0 fully saturated rings. The van der Waals surface area contributed by atoms with Crippen molar-refractivity contribution in [1.82, 2.24) is 0 Å². The van der Waals surface area contributed by atoms with Gasteiger partial charge in [0.1, 0.15) is 0 Å². The van der Waals surface area contributed by atoms with E-state index in [1.165, 1.54) is 0 Å². The Bertz CT molecular complexity index is 492. The summed E-state index contributed by atoms with van der Waals surface area (Å²) in [6.07, 6.45) is 0. The molecule has 2 heteroatoms. The van der Waals surface area contributed by atoms with Crippen LogP contribution in [0.2, 0.25) is 0 Å². The van der Waals surface area contributed by atoms with Crippen LogP contribution in [0.5, 0.6) is 0 Å². The van der Waals surface area contributed by atoms with Crippen molar-refractivity contribution in [3.05, 3.63) is 54.1 Å². The Balaban J connectivity index is 2.33. The van der Waals surface area contributed by atoms with Gasteiger partial charge in [-0.1, -0.05) is 36.4 Å². The number of nitrogens with two attached hydrogens (primary N) is 1. The van der Waals surface area contributed by atoms with Crippen LogP contribution in [-0.2, 0) is 5.60 Å². The zero-order valence-electron chi connectivity index (χ0n) is 10.1. The third-order valence-corrected chi connectivity index (χ3v) is 2.84. The fraction of sp³-hybridized carbons (Fsp3) is 0.200. The molecule has 0 amide bonds. The van der Waals surface area contributed by atoms with Gasteiger partial charge in [0.05, 0.1) is 5.60 Å². The molecule has 0 aliphatic carbocycles. The van der Waals surface area contributed by atoms with E-state index in [0.29, 0.717) is 0 Å². The monoisotopic (exact) mass is 227 g/mol. The van der Waals surface area contributed by atoms with E-state index in [4.69, 9.17) is 5.73 Å². The molecular formula is C15H17NO. The van der Waals surface area contributed by atoms with Crippen LogP contribution < -0.4 is 5.73 Å². The first kappa shape index (κ1) is 11.7. The lowest BCUT2D eigenvalue weighted by Crippen LogP contribution is -2.14. The van der Waals surface area contributed by atoms with Gasteiger partial charge in [-0.3, -0.25) is 0 Å². The van der Waals surface area contributed by atoms with Gasteiger partial charge in [-0.05, 0) is 42.7 Å². The number of rotatable bonds is 2. The van der Waals surface area contributed by atoms with Crippen molar-refractivity contribution < 1.29 is 5.11 Å². The number of benzene rings is 2. The number of aliphatic hydroxyl groups is 1. The molecule has 0 aromatic heterocycles. The first-order valence-corrected chi connectivity index (χ1v) is 5.66. The summed E-state index contributed by atoms with van der Waals surface area (Å²) < 4.78 is 0. The van der Waals surface area contributed by atoms with E-state index in [2.05, 4.69) is 0 Å². The fourth-order valence-electron chi connectivity index (χ4n) is 1.75. The Morgan fingerprint density at radius 2 is 1.24 bits per heavy atom. The summed E-state index contributed by atoms with van der Waals surface area (Å²) in [5, 5.41) is 9.87. The Hall–Kier alpha value is -1.80. The number of nitrogen functional groups attached to an aromatic ring is 1. The van der Waals surface area contributed by atoms with Crippen molar-refractivity contribution in [2.24, 2.45) is 0 Å². The average molecular weight is 227 g/mol. The maximum Gasteiger partial charge on any atom is 0.0840 e. The van der Waals surface area contributed by atoms with Gasteiger partial charge in [-0.15, -0.1) is 0 Å². The average Bonchev–Trinajstić information content (AvgIpc) is 2.29. The summed E-state index contributed by atoms with van der Waals surface area (Å²) >= 11 is 0. The molecular weight excluding hydrogens is 210 g/mol. The topological polar surface area (TPSA) is 46.2 Å². The van der Waals surface area contributed by atoms with Crippen LogP contribution in [0.25, 0.3) is 11.1 Å². The molecule has 0 aliphatic rings. The maximum atomic E-state index is 9.87. The quantitative estimate of drug-likeness (QED) is 0.774. The predicted octanol–water partition coefficient (Wildman–Crippen LogP) is 3.16. The Morgan fingerprint density at radius 3 is 1.65 bits per heavy atom. The Kier molecular flexibility index (Phi) is 2.90. The van der Waals surface area contributed by atoms with Crippen LogP contribution in [0, 0.1) is 0 Å². The van der Waals surface area contributed by atoms with Crippen LogP contribution in [-0.4, -0.2) is 5.11 Å². The molecule has 0 unspecified atom stereocenters. The Labute approximate surface area is 102 Å². The zero-order chi connectivity index (χ0) is 12.5. The van der Waals surface area contributed by atoms with Crippen molar-refractivity contribution in [3.8, 4) is 11.1 Å². The maximum absolute atomic E-state index is 9.87. The van der Waals surface area contributed by atoms with E-state index in [1.807, 2.05) is 48.5 Å². The Morgan fingerprint density at radius 1 is 0.824 bits per heavy atom. The van der Waals surface area contributed by atoms with E-state index < -0.39 is 5.60 Å². The smallest absolute Gasteiger partial charge is 0.0840 e. The molecule has 2 nitrogen and oxygen atoms in total. The molecule has 0 atom stereocenters. The summed E-state index contributed by atoms with van der Waals surface area (Å²) in [5.74, 6) is 0. The standard InChI is InChI=1S/C15H17NO/c1-15(2,17)13-7-3-11(4-8-13)12-5-9-14(16)10-6-12/h3-10,17H,16H2,1-2H3. The van der Waals surface area contributed by atoms with E-state index in [-0.39, 0.29) is 0 Å². The SMILES string of the molecule is CC(C)(O)c1ccc(-c2ccc(N)cc2)cc1. The molecule has 17 heavy (non-hydrogen) atoms. The molecule has 0 radical (unpaired) electrons. The first-order valence-electron chi connectivity index (χ1n) is 5.66. The molecule has 0 bridgehead atoms. The second-order valence-electron chi connectivity index (χ2n) is 4.76. The minimum absolute atomic E-state index is 0.766. The summed E-state index contributed by atoms with van der Waals surface area (Å²) in [6, 6.07) is 15.7. The first-order chi connectivity index (χ1) is 7.97. The van der Waals surface area contributed by atoms with Gasteiger partial charge in [-0.25, -0.2) is 0 Å². The summed E-state index contributed by atoms with van der Waals surface area (Å²) in [5.41, 5.74) is 8.79. The summed E-state index contributed by atoms with van der Waals surface area (Å²) in [4.78, 5) is 0. The molecule has 2 aromatic carbocycles. The van der Waals surface area contributed by atoms with Crippen LogP contribution >= 0.6 is 0 Å². The number of anilines is 1. The van der Waals surface area contributed by atoms with Gasteiger partial charge in [0.2, 0.25) is 0 Å². The van der Waals surface area contributed by atoms with Gasteiger partial charge >= 0.3 is 0 Å². The third kappa shape index (κ3) is 2.66. The largest absolute Gasteiger partial charge is 0.399 e. The molecule has 3 N–H and O–H groups in total. The highest BCUT2D eigenvalue weighted by molar-refractivity contribution is 5.65. The highest BCUT2D eigenvalue weighted by Crippen LogP contribution is 2.25. The van der Waals surface area contributed by atoms with Gasteiger partial charge in [0.25, 0.3) is 0 Å². The zero-order valence-corrected chi connectivity index (χ0v) is 10.1. The number of hydrogen-bond acceptors (Lipinski definition) is 2. The normalized spacial score (nSPS) is 11.5. The lowest BCUT2D eigenvalue weighted by atomic mass is 9.95. The molecule has 0 saturated carbocycles. The van der Waals surface area contributed by atoms with Crippen LogP contribution in [0.3, 0.4) is 0 Å². The number of hydrogen-bond donors (Lipinski definition) is 2. The van der Waals surface area contributed by atoms with E-state index in [0.717, 1.165) is 22.4 Å². The molecule has 2 rings (SSSR count). The summed E-state index contributed by atoms with van der Waals surface area (Å²) in [6.45, 7) is 3.57. The third-order valence-electron chi connectivity index (χ3n) is 2.84. The minimum atomic E-state index is -0.792. The highest BCUT2D eigenvalue weighted by Gasteiger charge is 2.15. The van der Waals surface area contributed by atoms with E-state index in [9.17, 15) is 5.11 Å². The second-order valence-corrected chi connectivity index (χ2v) is 4.76. The minimum Gasteiger partial charge on any atom is -0.399 e. The van der Waals surface area contributed by atoms with Crippen molar-refractivity contribution >= 4 is 5.69 Å². The lowest BCUT2D eigenvalue weighted by molar-refractivity contribution is 0.0786. The van der Waals surface area contributed by atoms with Crippen LogP contribution in [0.4, 0.5) is 5.69 Å². The van der Waals surface area contributed by atoms with Gasteiger partial charge in [-0.2, -0.15) is 0 Å². The van der Waals surface area contributed by atoms with Crippen molar-refractivity contribution in [2.75, 3.05) is 5.73 Å². The lowest BCUT2D eigenvalue weighted by Gasteiger charge is -2.17. The van der Waals surface area contributed by atoms with Gasteiger partial charge in [0, 0.05) is 5.69 Å². The molecule has 0 heterocycles. The predicted molar refractivity (Wildman–Crippen MR) is 71.5 cm³/mol. The van der Waals surface area contributed by atoms with Gasteiger partial charge < -0.3 is 10.8 Å². The molecule has 0 aliphatic heterocycles. The van der Waals surface area contributed by atoms with Crippen LogP contribution in [0.1, 0.15) is 19.4 Å². The molecule has 2 aromatic rings. The van der Waals surface area contributed by atoms with E-state index in [1.54, 1.807) is 13.8 Å². The fourth-order valence-corrected chi connectivity index (χ4v) is 1.75. The van der Waals surface area contributed by atoms with Crippen molar-refractivity contribution in [1.29, 1.82) is 0 Å². The molecule has 88 valence electrons. The highest BCUT2D eigenvalue weighted by atomic mass is 16.3. The van der Waals surface area contributed by atoms with Crippen LogP contribution in [0.15, 0.2) is 48.5 Å². The molecule has 0 saturated heterocycles. The van der Waals surface area contributed by atoms with Crippen molar-refractivity contribution in [3.63, 3.8) is 0 Å². The van der Waals surface area contributed by atoms with Gasteiger partial charge in [0.15, 0.2) is 0 Å². The van der Waals surface area contributed by atoms with E-state index >= 15 is 0 Å². The van der Waals surface area contributed by atoms with Crippen molar-refractivity contribution in [2.45, 2.75) is 19.4 Å². The molecule has 0 spiro atoms. The second kappa shape index (κ2) is 4.22.